The lowest BCUT2D eigenvalue weighted by atomic mass is 10.1. The maximum absolute atomic E-state index is 13.9. The van der Waals surface area contributed by atoms with Crippen molar-refractivity contribution in [3.05, 3.63) is 35.7 Å². The number of hydrogen-bond donors (Lipinski definition) is 1. The summed E-state index contributed by atoms with van der Waals surface area (Å²) in [5.41, 5.74) is 6.25. The second-order valence-corrected chi connectivity index (χ2v) is 5.75. The van der Waals surface area contributed by atoms with E-state index in [0.29, 0.717) is 17.9 Å². The molecule has 20 heavy (non-hydrogen) atoms. The molecular formula is C15H19F2N3. The highest BCUT2D eigenvalue weighted by molar-refractivity contribution is 5.71. The van der Waals surface area contributed by atoms with Crippen molar-refractivity contribution < 1.29 is 8.78 Å². The van der Waals surface area contributed by atoms with E-state index >= 15 is 0 Å². The molecule has 0 aliphatic heterocycles. The van der Waals surface area contributed by atoms with Crippen LogP contribution in [0.4, 0.5) is 14.6 Å². The molecule has 1 aromatic carbocycles. The molecule has 3 nitrogen and oxygen atoms in total. The monoisotopic (exact) mass is 279 g/mol. The highest BCUT2D eigenvalue weighted by Gasteiger charge is 2.25. The van der Waals surface area contributed by atoms with Gasteiger partial charge in [-0.15, -0.1) is 0 Å². The highest BCUT2D eigenvalue weighted by atomic mass is 19.1. The minimum Gasteiger partial charge on any atom is -0.383 e. The molecule has 2 rings (SSSR count). The van der Waals surface area contributed by atoms with Crippen molar-refractivity contribution in [2.75, 3.05) is 5.73 Å². The van der Waals surface area contributed by atoms with Crippen molar-refractivity contribution >= 4 is 5.82 Å². The van der Waals surface area contributed by atoms with Crippen molar-refractivity contribution in [1.29, 1.82) is 0 Å². The van der Waals surface area contributed by atoms with Crippen LogP contribution in [0.25, 0.3) is 11.3 Å². The van der Waals surface area contributed by atoms with Crippen LogP contribution < -0.4 is 5.73 Å². The lowest BCUT2D eigenvalue weighted by molar-refractivity contribution is 0.389. The molecule has 1 aromatic heterocycles. The third kappa shape index (κ3) is 2.40. The number of nitrogens with two attached hydrogens (primary N) is 1. The summed E-state index contributed by atoms with van der Waals surface area (Å²) in [6.07, 6.45) is 0.665. The first-order valence-corrected chi connectivity index (χ1v) is 6.58. The molecule has 5 heteroatoms. The van der Waals surface area contributed by atoms with E-state index in [4.69, 9.17) is 5.73 Å². The molecule has 0 amide bonds. The van der Waals surface area contributed by atoms with Gasteiger partial charge >= 0.3 is 0 Å². The first kappa shape index (κ1) is 14.5. The third-order valence-electron chi connectivity index (χ3n) is 3.15. The Bertz CT molecular complexity index is 639. The predicted molar refractivity (Wildman–Crippen MR) is 76.4 cm³/mol. The quantitative estimate of drug-likeness (QED) is 0.910. The smallest absolute Gasteiger partial charge is 0.132 e. The van der Waals surface area contributed by atoms with Gasteiger partial charge in [-0.25, -0.2) is 13.8 Å². The van der Waals surface area contributed by atoms with E-state index in [1.807, 2.05) is 32.3 Å². The maximum atomic E-state index is 13.9. The van der Waals surface area contributed by atoms with Crippen LogP contribution in [0.3, 0.4) is 0 Å². The van der Waals surface area contributed by atoms with Crippen molar-refractivity contribution in [1.82, 2.24) is 9.55 Å². The molecule has 2 aromatic rings. The van der Waals surface area contributed by atoms with Crippen molar-refractivity contribution in [3.63, 3.8) is 0 Å². The Kier molecular flexibility index (Phi) is 3.54. The zero-order valence-electron chi connectivity index (χ0n) is 12.2. The Labute approximate surface area is 117 Å². The standard InChI is InChI=1S/C15H19F2N3/c1-5-12-19-13(14(18)20(12)15(2,3)4)10-8-9(16)6-7-11(10)17/h6-8H,5,18H2,1-4H3. The van der Waals surface area contributed by atoms with Gasteiger partial charge < -0.3 is 10.3 Å². The molecule has 0 saturated heterocycles. The largest absolute Gasteiger partial charge is 0.383 e. The summed E-state index contributed by atoms with van der Waals surface area (Å²) in [6, 6.07) is 3.29. The first-order valence-electron chi connectivity index (χ1n) is 6.58. The Morgan fingerprint density at radius 1 is 1.25 bits per heavy atom. The van der Waals surface area contributed by atoms with Crippen molar-refractivity contribution in [3.8, 4) is 11.3 Å². The number of hydrogen-bond acceptors (Lipinski definition) is 2. The summed E-state index contributed by atoms with van der Waals surface area (Å²) < 4.78 is 29.1. The van der Waals surface area contributed by atoms with Crippen LogP contribution in [0.15, 0.2) is 18.2 Å². The van der Waals surface area contributed by atoms with Crippen LogP contribution in [0.5, 0.6) is 0 Å². The molecule has 108 valence electrons. The van der Waals surface area contributed by atoms with Crippen molar-refractivity contribution in [2.45, 2.75) is 39.7 Å². The molecule has 1 heterocycles. The van der Waals surface area contributed by atoms with E-state index in [1.165, 1.54) is 0 Å². The highest BCUT2D eigenvalue weighted by Crippen LogP contribution is 2.33. The number of rotatable bonds is 2. The van der Waals surface area contributed by atoms with Gasteiger partial charge in [0, 0.05) is 17.5 Å². The molecule has 0 radical (unpaired) electrons. The third-order valence-corrected chi connectivity index (χ3v) is 3.15. The molecule has 0 unspecified atom stereocenters. The van der Waals surface area contributed by atoms with Gasteiger partial charge in [0.25, 0.3) is 0 Å². The second-order valence-electron chi connectivity index (χ2n) is 5.75. The SMILES string of the molecule is CCc1nc(-c2cc(F)ccc2F)c(N)n1C(C)(C)C. The molecule has 2 N–H and O–H groups in total. The fourth-order valence-electron chi connectivity index (χ4n) is 2.34. The fourth-order valence-corrected chi connectivity index (χ4v) is 2.34. The molecule has 0 fully saturated rings. The second kappa shape index (κ2) is 4.89. The first-order chi connectivity index (χ1) is 9.25. The van der Waals surface area contributed by atoms with Crippen LogP contribution in [0.2, 0.25) is 0 Å². The number of imidazole rings is 1. The average Bonchev–Trinajstić information content (AvgIpc) is 2.69. The Balaban J connectivity index is 2.71. The van der Waals surface area contributed by atoms with Crippen LogP contribution in [-0.4, -0.2) is 9.55 Å². The number of anilines is 1. The van der Waals surface area contributed by atoms with Gasteiger partial charge in [0.2, 0.25) is 0 Å². The Morgan fingerprint density at radius 2 is 1.90 bits per heavy atom. The van der Waals surface area contributed by atoms with Gasteiger partial charge in [-0.3, -0.25) is 0 Å². The fraction of sp³-hybridized carbons (Fsp3) is 0.400. The van der Waals surface area contributed by atoms with E-state index in [0.717, 1.165) is 24.0 Å². The average molecular weight is 279 g/mol. The van der Waals surface area contributed by atoms with E-state index in [-0.39, 0.29) is 11.1 Å². The van der Waals surface area contributed by atoms with Crippen LogP contribution in [-0.2, 0) is 12.0 Å². The van der Waals surface area contributed by atoms with Gasteiger partial charge in [-0.2, -0.15) is 0 Å². The molecule has 0 spiro atoms. The Hall–Kier alpha value is -1.91. The van der Waals surface area contributed by atoms with Crippen LogP contribution >= 0.6 is 0 Å². The van der Waals surface area contributed by atoms with Gasteiger partial charge in [-0.05, 0) is 39.0 Å². The van der Waals surface area contributed by atoms with Crippen LogP contribution in [0.1, 0.15) is 33.5 Å². The lowest BCUT2D eigenvalue weighted by Gasteiger charge is -2.24. The number of aryl methyl sites for hydroxylation is 1. The molecule has 0 atom stereocenters. The van der Waals surface area contributed by atoms with Gasteiger partial charge in [-0.1, -0.05) is 6.92 Å². The predicted octanol–water partition coefficient (Wildman–Crippen LogP) is 3.73. The van der Waals surface area contributed by atoms with Gasteiger partial charge in [0.05, 0.1) is 0 Å². The number of benzene rings is 1. The van der Waals surface area contributed by atoms with E-state index in [2.05, 4.69) is 4.98 Å². The summed E-state index contributed by atoms with van der Waals surface area (Å²) in [5.74, 6) is 0.0796. The number of nitrogens with zero attached hydrogens (tertiary/aromatic N) is 2. The topological polar surface area (TPSA) is 43.8 Å². The summed E-state index contributed by atoms with van der Waals surface area (Å²) in [6.45, 7) is 7.94. The molecule has 0 aliphatic rings. The normalized spacial score (nSPS) is 11.9. The minimum absolute atomic E-state index is 0.0974. The molecule has 0 aliphatic carbocycles. The van der Waals surface area contributed by atoms with E-state index in [1.54, 1.807) is 0 Å². The zero-order chi connectivity index (χ0) is 15.1. The zero-order valence-corrected chi connectivity index (χ0v) is 12.2. The molecule has 0 saturated carbocycles. The van der Waals surface area contributed by atoms with Gasteiger partial charge in [0.1, 0.15) is 29.0 Å². The van der Waals surface area contributed by atoms with E-state index in [9.17, 15) is 8.78 Å². The Morgan fingerprint density at radius 3 is 2.40 bits per heavy atom. The number of aromatic nitrogens is 2. The number of halogens is 2. The lowest BCUT2D eigenvalue weighted by Crippen LogP contribution is -2.25. The summed E-state index contributed by atoms with van der Waals surface area (Å²) in [5, 5.41) is 0. The maximum Gasteiger partial charge on any atom is 0.132 e. The number of nitrogen functional groups attached to an aromatic ring is 1. The summed E-state index contributed by atoms with van der Waals surface area (Å²) in [4.78, 5) is 4.40. The summed E-state index contributed by atoms with van der Waals surface area (Å²) >= 11 is 0. The molecule has 0 bridgehead atoms. The van der Waals surface area contributed by atoms with Crippen LogP contribution in [0, 0.1) is 11.6 Å². The minimum atomic E-state index is -0.528. The van der Waals surface area contributed by atoms with Gasteiger partial charge in [0.15, 0.2) is 0 Å². The van der Waals surface area contributed by atoms with Crippen molar-refractivity contribution in [2.24, 2.45) is 0 Å². The summed E-state index contributed by atoms with van der Waals surface area (Å²) in [7, 11) is 0. The molecular weight excluding hydrogens is 260 g/mol. The van der Waals surface area contributed by atoms with E-state index < -0.39 is 11.6 Å².